The molecule has 24 heavy (non-hydrogen) atoms. The Hall–Kier alpha value is -1.10. The summed E-state index contributed by atoms with van der Waals surface area (Å²) >= 11 is 5.91. The van der Waals surface area contributed by atoms with E-state index in [-0.39, 0.29) is 17.4 Å². The van der Waals surface area contributed by atoms with E-state index in [1.807, 2.05) is 29.2 Å². The highest BCUT2D eigenvalue weighted by molar-refractivity contribution is 6.30. The normalized spacial score (nSPS) is 26.9. The van der Waals surface area contributed by atoms with E-state index in [9.17, 15) is 4.79 Å². The van der Waals surface area contributed by atoms with E-state index in [4.69, 9.17) is 21.1 Å². The summed E-state index contributed by atoms with van der Waals surface area (Å²) in [7, 11) is 1.74. The first-order chi connectivity index (χ1) is 11.6. The minimum Gasteiger partial charge on any atom is -0.384 e. The Morgan fingerprint density at radius 2 is 2.21 bits per heavy atom. The molecule has 132 valence electrons. The zero-order valence-corrected chi connectivity index (χ0v) is 15.1. The van der Waals surface area contributed by atoms with Crippen LogP contribution in [-0.4, -0.2) is 50.3 Å². The number of ether oxygens (including phenoxy) is 2. The number of benzene rings is 1. The maximum absolute atomic E-state index is 12.7. The number of rotatable bonds is 5. The van der Waals surface area contributed by atoms with Gasteiger partial charge >= 0.3 is 0 Å². The van der Waals surface area contributed by atoms with Gasteiger partial charge in [-0.25, -0.2) is 0 Å². The van der Waals surface area contributed by atoms with Gasteiger partial charge in [-0.05, 0) is 43.4 Å². The highest BCUT2D eigenvalue weighted by Gasteiger charge is 2.46. The van der Waals surface area contributed by atoms with Crippen LogP contribution in [0.3, 0.4) is 0 Å². The van der Waals surface area contributed by atoms with Gasteiger partial charge in [0, 0.05) is 43.7 Å². The number of halogens is 1. The molecule has 0 saturated carbocycles. The summed E-state index contributed by atoms with van der Waals surface area (Å²) in [5.74, 6) is 0.226. The van der Waals surface area contributed by atoms with Crippen LogP contribution in [0.1, 0.15) is 31.2 Å². The van der Waals surface area contributed by atoms with E-state index in [1.54, 1.807) is 7.11 Å². The van der Waals surface area contributed by atoms with E-state index in [1.165, 1.54) is 0 Å². The van der Waals surface area contributed by atoms with Crippen molar-refractivity contribution in [3.8, 4) is 0 Å². The first-order valence-electron chi connectivity index (χ1n) is 8.76. The van der Waals surface area contributed by atoms with Gasteiger partial charge in [-0.1, -0.05) is 23.7 Å². The number of aryl methyl sites for hydroxylation is 1. The largest absolute Gasteiger partial charge is 0.384 e. The van der Waals surface area contributed by atoms with Crippen molar-refractivity contribution < 1.29 is 14.3 Å². The van der Waals surface area contributed by atoms with Crippen LogP contribution >= 0.6 is 11.6 Å². The Morgan fingerprint density at radius 3 is 2.96 bits per heavy atom. The molecule has 5 heteroatoms. The Bertz CT molecular complexity index is 558. The monoisotopic (exact) mass is 351 g/mol. The van der Waals surface area contributed by atoms with Crippen LogP contribution in [0, 0.1) is 5.41 Å². The molecule has 0 aliphatic carbocycles. The number of hydrogen-bond acceptors (Lipinski definition) is 3. The van der Waals surface area contributed by atoms with Gasteiger partial charge in [-0.2, -0.15) is 0 Å². The minimum absolute atomic E-state index is 0.0266. The van der Waals surface area contributed by atoms with Crippen LogP contribution < -0.4 is 0 Å². The highest BCUT2D eigenvalue weighted by atomic mass is 35.5. The summed E-state index contributed by atoms with van der Waals surface area (Å²) in [5.41, 5.74) is 1.12. The van der Waals surface area contributed by atoms with Crippen LogP contribution in [-0.2, 0) is 20.7 Å². The maximum atomic E-state index is 12.7. The molecule has 2 aliphatic rings. The van der Waals surface area contributed by atoms with E-state index < -0.39 is 0 Å². The van der Waals surface area contributed by atoms with Gasteiger partial charge in [-0.15, -0.1) is 0 Å². The van der Waals surface area contributed by atoms with Gasteiger partial charge in [0.15, 0.2) is 0 Å². The molecular weight excluding hydrogens is 326 g/mol. The zero-order chi connectivity index (χ0) is 17.0. The Labute approximate surface area is 149 Å². The first kappa shape index (κ1) is 17.7. The van der Waals surface area contributed by atoms with Gasteiger partial charge in [0.2, 0.25) is 5.91 Å². The molecule has 1 aromatic carbocycles. The maximum Gasteiger partial charge on any atom is 0.222 e. The average molecular weight is 352 g/mol. The predicted octanol–water partition coefficient (Wildman–Crippen LogP) is 3.32. The highest BCUT2D eigenvalue weighted by Crippen LogP contribution is 2.40. The second-order valence-corrected chi connectivity index (χ2v) is 7.43. The number of carbonyl (C=O) groups is 1. The lowest BCUT2D eigenvalue weighted by Crippen LogP contribution is -2.58. The number of amides is 1. The van der Waals surface area contributed by atoms with Crippen LogP contribution in [0.25, 0.3) is 0 Å². The number of piperidine rings is 1. The van der Waals surface area contributed by atoms with Crippen molar-refractivity contribution in [3.05, 3.63) is 34.9 Å². The van der Waals surface area contributed by atoms with E-state index >= 15 is 0 Å². The van der Waals surface area contributed by atoms with Crippen LogP contribution in [0.5, 0.6) is 0 Å². The molecule has 0 spiro atoms. The average Bonchev–Trinajstić information content (AvgIpc) is 2.60. The minimum atomic E-state index is -0.0266. The van der Waals surface area contributed by atoms with Gasteiger partial charge in [-0.3, -0.25) is 4.79 Å². The van der Waals surface area contributed by atoms with Crippen molar-refractivity contribution >= 4 is 17.5 Å². The predicted molar refractivity (Wildman–Crippen MR) is 94.3 cm³/mol. The number of fused-ring (bicyclic) bond motifs is 1. The number of nitrogens with zero attached hydrogens (tertiary/aromatic N) is 1. The van der Waals surface area contributed by atoms with Crippen molar-refractivity contribution in [1.82, 2.24) is 4.90 Å². The van der Waals surface area contributed by atoms with Crippen LogP contribution in [0.2, 0.25) is 5.02 Å². The summed E-state index contributed by atoms with van der Waals surface area (Å²) in [6, 6.07) is 7.73. The second kappa shape index (κ2) is 7.85. The number of hydrogen-bond donors (Lipinski definition) is 0. The molecule has 3 rings (SSSR count). The first-order valence-corrected chi connectivity index (χ1v) is 9.13. The third-order valence-corrected chi connectivity index (χ3v) is 5.57. The molecule has 0 radical (unpaired) electrons. The van der Waals surface area contributed by atoms with Crippen LogP contribution in [0.4, 0.5) is 0 Å². The number of methoxy groups -OCH3 is 1. The molecule has 2 aliphatic heterocycles. The molecule has 0 aromatic heterocycles. The third-order valence-electron chi connectivity index (χ3n) is 5.31. The number of carbonyl (C=O) groups excluding carboxylic acids is 1. The third kappa shape index (κ3) is 3.93. The Morgan fingerprint density at radius 1 is 1.42 bits per heavy atom. The number of likely N-dealkylation sites (tertiary alicyclic amines) is 1. The molecule has 0 bridgehead atoms. The van der Waals surface area contributed by atoms with Gasteiger partial charge in [0.05, 0.1) is 12.7 Å². The van der Waals surface area contributed by atoms with Crippen molar-refractivity contribution in [2.24, 2.45) is 5.41 Å². The summed E-state index contributed by atoms with van der Waals surface area (Å²) in [6.07, 6.45) is 4.56. The molecule has 0 unspecified atom stereocenters. The Kier molecular flexibility index (Phi) is 5.80. The molecule has 2 heterocycles. The second-order valence-electron chi connectivity index (χ2n) is 6.99. The lowest BCUT2D eigenvalue weighted by molar-refractivity contribution is -0.162. The summed E-state index contributed by atoms with van der Waals surface area (Å²) in [6.45, 7) is 3.04. The summed E-state index contributed by atoms with van der Waals surface area (Å²) < 4.78 is 11.5. The lowest BCUT2D eigenvalue weighted by atomic mass is 9.73. The van der Waals surface area contributed by atoms with Crippen molar-refractivity contribution in [2.75, 3.05) is 33.4 Å². The van der Waals surface area contributed by atoms with Gasteiger partial charge < -0.3 is 14.4 Å². The molecule has 2 fully saturated rings. The summed E-state index contributed by atoms with van der Waals surface area (Å²) in [4.78, 5) is 14.7. The fourth-order valence-corrected chi connectivity index (χ4v) is 4.19. The fourth-order valence-electron chi connectivity index (χ4n) is 4.06. The van der Waals surface area contributed by atoms with Gasteiger partial charge in [0.25, 0.3) is 0 Å². The van der Waals surface area contributed by atoms with Crippen molar-refractivity contribution in [1.29, 1.82) is 0 Å². The van der Waals surface area contributed by atoms with E-state index in [0.29, 0.717) is 13.0 Å². The molecule has 2 atom stereocenters. The topological polar surface area (TPSA) is 38.8 Å². The Balaban J connectivity index is 1.59. The molecule has 1 aromatic rings. The summed E-state index contributed by atoms with van der Waals surface area (Å²) in [5, 5.41) is 0.728. The quantitative estimate of drug-likeness (QED) is 0.816. The molecular formula is C19H26ClNO3. The fraction of sp³-hybridized carbons (Fsp3) is 0.632. The molecule has 4 nitrogen and oxygen atoms in total. The van der Waals surface area contributed by atoms with E-state index in [0.717, 1.165) is 56.0 Å². The standard InChI is InChI=1S/C19H26ClNO3/c1-23-14-19-10-2-12-24-17(19)9-11-21(13-19)18(22)8-5-15-3-6-16(20)7-4-15/h3-4,6-7,17H,2,5,8-14H2,1H3/t17-,19-/m1/s1. The zero-order valence-electron chi connectivity index (χ0n) is 14.3. The van der Waals surface area contributed by atoms with Crippen LogP contribution in [0.15, 0.2) is 24.3 Å². The molecule has 0 N–H and O–H groups in total. The van der Waals surface area contributed by atoms with Gasteiger partial charge in [0.1, 0.15) is 0 Å². The molecule has 1 amide bonds. The smallest absolute Gasteiger partial charge is 0.222 e. The van der Waals surface area contributed by atoms with Crippen molar-refractivity contribution in [2.45, 2.75) is 38.2 Å². The SMILES string of the molecule is COC[C@]12CCCO[C@@H]1CCN(C(=O)CCc1ccc(Cl)cc1)C2. The molecule has 2 saturated heterocycles. The van der Waals surface area contributed by atoms with Crippen molar-refractivity contribution in [3.63, 3.8) is 0 Å². The lowest BCUT2D eigenvalue weighted by Gasteiger charge is -2.50. The van der Waals surface area contributed by atoms with E-state index in [2.05, 4.69) is 0 Å².